The molecule has 0 bridgehead atoms. The summed E-state index contributed by atoms with van der Waals surface area (Å²) in [6.45, 7) is 1.76. The standard InChI is InChI=1S/C21H23N3O3/c25-20(16-9-10-18-19(13-16)23-21(26)22-18)24-11-12-27-17(14-24)8-4-7-15-5-2-1-3-6-15/h1-3,5-6,9-10,13,17H,4,7-8,11-12,14H2,(H2,22,23,26)/t17-/m0/s1. The van der Waals surface area contributed by atoms with Gasteiger partial charge in [0, 0.05) is 18.7 Å². The molecule has 2 heterocycles. The summed E-state index contributed by atoms with van der Waals surface area (Å²) >= 11 is 0. The highest BCUT2D eigenvalue weighted by Crippen LogP contribution is 2.17. The number of rotatable bonds is 5. The number of nitrogens with zero attached hydrogens (tertiary/aromatic N) is 1. The third-order valence-corrected chi connectivity index (χ3v) is 5.02. The van der Waals surface area contributed by atoms with Crippen LogP contribution in [-0.2, 0) is 11.2 Å². The topological polar surface area (TPSA) is 78.2 Å². The number of fused-ring (bicyclic) bond motifs is 1. The number of H-pyrrole nitrogens is 2. The number of imidazole rings is 1. The number of nitrogens with one attached hydrogen (secondary N) is 2. The summed E-state index contributed by atoms with van der Waals surface area (Å²) in [6, 6.07) is 15.7. The van der Waals surface area contributed by atoms with E-state index in [-0.39, 0.29) is 17.7 Å². The third kappa shape index (κ3) is 4.11. The van der Waals surface area contributed by atoms with Crippen LogP contribution >= 0.6 is 0 Å². The second-order valence-electron chi connectivity index (χ2n) is 6.96. The monoisotopic (exact) mass is 365 g/mol. The van der Waals surface area contributed by atoms with Crippen molar-refractivity contribution in [3.63, 3.8) is 0 Å². The van der Waals surface area contributed by atoms with Crippen LogP contribution in [0, 0.1) is 0 Å². The normalized spacial score (nSPS) is 17.3. The van der Waals surface area contributed by atoms with Crippen LogP contribution in [0.5, 0.6) is 0 Å². The highest BCUT2D eigenvalue weighted by molar-refractivity contribution is 5.97. The van der Waals surface area contributed by atoms with E-state index in [2.05, 4.69) is 34.2 Å². The molecule has 1 aromatic heterocycles. The number of hydrogen-bond acceptors (Lipinski definition) is 3. The number of ether oxygens (including phenoxy) is 1. The van der Waals surface area contributed by atoms with Crippen LogP contribution in [0.1, 0.15) is 28.8 Å². The van der Waals surface area contributed by atoms with Gasteiger partial charge in [-0.2, -0.15) is 0 Å². The van der Waals surface area contributed by atoms with Crippen molar-refractivity contribution in [2.24, 2.45) is 0 Å². The van der Waals surface area contributed by atoms with E-state index in [9.17, 15) is 9.59 Å². The van der Waals surface area contributed by atoms with Gasteiger partial charge in [-0.25, -0.2) is 4.79 Å². The molecule has 1 saturated heterocycles. The van der Waals surface area contributed by atoms with Crippen molar-refractivity contribution >= 4 is 16.9 Å². The molecule has 1 atom stereocenters. The molecular formula is C21H23N3O3. The summed E-state index contributed by atoms with van der Waals surface area (Å²) in [6.07, 6.45) is 3.06. The van der Waals surface area contributed by atoms with E-state index in [1.54, 1.807) is 18.2 Å². The molecule has 0 radical (unpaired) electrons. The Labute approximate surface area is 157 Å². The molecule has 6 nitrogen and oxygen atoms in total. The molecule has 3 aromatic rings. The minimum absolute atomic E-state index is 0.0182. The summed E-state index contributed by atoms with van der Waals surface area (Å²) in [5.41, 5.74) is 3.01. The summed E-state index contributed by atoms with van der Waals surface area (Å²) in [7, 11) is 0. The summed E-state index contributed by atoms with van der Waals surface area (Å²) < 4.78 is 5.86. The minimum Gasteiger partial charge on any atom is -0.375 e. The van der Waals surface area contributed by atoms with Gasteiger partial charge in [0.2, 0.25) is 0 Å². The number of carbonyl (C=O) groups excluding carboxylic acids is 1. The smallest absolute Gasteiger partial charge is 0.323 e. The van der Waals surface area contributed by atoms with E-state index >= 15 is 0 Å². The lowest BCUT2D eigenvalue weighted by molar-refractivity contribution is -0.0254. The number of aryl methyl sites for hydroxylation is 1. The Morgan fingerprint density at radius 2 is 1.93 bits per heavy atom. The molecule has 4 rings (SSSR count). The number of aromatic amines is 2. The van der Waals surface area contributed by atoms with Gasteiger partial charge in [0.1, 0.15) is 0 Å². The molecular weight excluding hydrogens is 342 g/mol. The third-order valence-electron chi connectivity index (χ3n) is 5.02. The molecule has 1 aliphatic heterocycles. The zero-order valence-corrected chi connectivity index (χ0v) is 15.1. The second-order valence-corrected chi connectivity index (χ2v) is 6.96. The first-order valence-electron chi connectivity index (χ1n) is 9.36. The fourth-order valence-electron chi connectivity index (χ4n) is 3.61. The van der Waals surface area contributed by atoms with Gasteiger partial charge in [-0.3, -0.25) is 4.79 Å². The molecule has 1 fully saturated rings. The van der Waals surface area contributed by atoms with Gasteiger partial charge in [-0.05, 0) is 43.0 Å². The van der Waals surface area contributed by atoms with Crippen LogP contribution < -0.4 is 5.69 Å². The second kappa shape index (κ2) is 7.80. The van der Waals surface area contributed by atoms with E-state index in [0.29, 0.717) is 36.3 Å². The Kier molecular flexibility index (Phi) is 5.07. The summed E-state index contributed by atoms with van der Waals surface area (Å²) in [5.74, 6) is -0.0182. The van der Waals surface area contributed by atoms with Gasteiger partial charge in [0.15, 0.2) is 0 Å². The zero-order valence-electron chi connectivity index (χ0n) is 15.1. The largest absolute Gasteiger partial charge is 0.375 e. The Hall–Kier alpha value is -2.86. The molecule has 1 aliphatic rings. The summed E-state index contributed by atoms with van der Waals surface area (Å²) in [5, 5.41) is 0. The van der Waals surface area contributed by atoms with E-state index in [1.165, 1.54) is 5.56 Å². The molecule has 2 N–H and O–H groups in total. The first-order valence-corrected chi connectivity index (χ1v) is 9.36. The van der Waals surface area contributed by atoms with Crippen molar-refractivity contribution in [3.05, 3.63) is 70.1 Å². The lowest BCUT2D eigenvalue weighted by Gasteiger charge is -2.33. The van der Waals surface area contributed by atoms with Crippen LogP contribution in [0.2, 0.25) is 0 Å². The first-order chi connectivity index (χ1) is 13.2. The van der Waals surface area contributed by atoms with E-state index < -0.39 is 0 Å². The fourth-order valence-corrected chi connectivity index (χ4v) is 3.61. The fraction of sp³-hybridized carbons (Fsp3) is 0.333. The number of morpholine rings is 1. The van der Waals surface area contributed by atoms with Crippen molar-refractivity contribution in [2.75, 3.05) is 19.7 Å². The van der Waals surface area contributed by atoms with Gasteiger partial charge >= 0.3 is 5.69 Å². The Balaban J connectivity index is 1.36. The average molecular weight is 365 g/mol. The van der Waals surface area contributed by atoms with Crippen LogP contribution in [0.15, 0.2) is 53.3 Å². The molecule has 0 unspecified atom stereocenters. The maximum absolute atomic E-state index is 12.9. The first kappa shape index (κ1) is 17.5. The van der Waals surface area contributed by atoms with Crippen molar-refractivity contribution in [1.29, 1.82) is 0 Å². The average Bonchev–Trinajstić information content (AvgIpc) is 3.07. The van der Waals surface area contributed by atoms with Crippen LogP contribution in [-0.4, -0.2) is 46.6 Å². The van der Waals surface area contributed by atoms with E-state index in [4.69, 9.17) is 4.74 Å². The van der Waals surface area contributed by atoms with Gasteiger partial charge in [-0.1, -0.05) is 30.3 Å². The SMILES string of the molecule is O=C(c1ccc2[nH]c(=O)[nH]c2c1)N1CCO[C@@H](CCCc2ccccc2)C1. The van der Waals surface area contributed by atoms with E-state index in [1.807, 2.05) is 11.0 Å². The predicted octanol–water partition coefficient (Wildman–Crippen LogP) is 2.72. The molecule has 140 valence electrons. The maximum Gasteiger partial charge on any atom is 0.323 e. The predicted molar refractivity (Wildman–Crippen MR) is 104 cm³/mol. The summed E-state index contributed by atoms with van der Waals surface area (Å²) in [4.78, 5) is 31.5. The Morgan fingerprint density at radius 3 is 2.78 bits per heavy atom. The van der Waals surface area contributed by atoms with Crippen molar-refractivity contribution in [2.45, 2.75) is 25.4 Å². The molecule has 1 amide bonds. The quantitative estimate of drug-likeness (QED) is 0.730. The van der Waals surface area contributed by atoms with E-state index in [0.717, 1.165) is 19.3 Å². The Bertz CT molecular complexity index is 977. The number of carbonyl (C=O) groups is 1. The van der Waals surface area contributed by atoms with Gasteiger partial charge < -0.3 is 19.6 Å². The zero-order chi connectivity index (χ0) is 18.6. The molecule has 0 aliphatic carbocycles. The lowest BCUT2D eigenvalue weighted by atomic mass is 10.0. The molecule has 6 heteroatoms. The van der Waals surface area contributed by atoms with Gasteiger partial charge in [0.05, 0.1) is 23.7 Å². The van der Waals surface area contributed by atoms with Gasteiger partial charge in [-0.15, -0.1) is 0 Å². The number of hydrogen-bond donors (Lipinski definition) is 2. The number of benzene rings is 2. The van der Waals surface area contributed by atoms with Crippen molar-refractivity contribution in [3.8, 4) is 0 Å². The highest BCUT2D eigenvalue weighted by atomic mass is 16.5. The molecule has 2 aromatic carbocycles. The number of amides is 1. The molecule has 0 saturated carbocycles. The van der Waals surface area contributed by atoms with Gasteiger partial charge in [0.25, 0.3) is 5.91 Å². The minimum atomic E-state index is -0.264. The molecule has 27 heavy (non-hydrogen) atoms. The van der Waals surface area contributed by atoms with Crippen LogP contribution in [0.3, 0.4) is 0 Å². The highest BCUT2D eigenvalue weighted by Gasteiger charge is 2.25. The van der Waals surface area contributed by atoms with Crippen LogP contribution in [0.4, 0.5) is 0 Å². The van der Waals surface area contributed by atoms with Crippen molar-refractivity contribution < 1.29 is 9.53 Å². The number of aromatic nitrogens is 2. The molecule has 0 spiro atoms. The Morgan fingerprint density at radius 1 is 1.11 bits per heavy atom. The maximum atomic E-state index is 12.9. The van der Waals surface area contributed by atoms with Crippen LogP contribution in [0.25, 0.3) is 11.0 Å². The van der Waals surface area contributed by atoms with Crippen molar-refractivity contribution in [1.82, 2.24) is 14.9 Å². The lowest BCUT2D eigenvalue weighted by Crippen LogP contribution is -2.45.